The molecule has 1 aliphatic heterocycles. The summed E-state index contributed by atoms with van der Waals surface area (Å²) in [6.45, 7) is 5.71. The molecule has 0 saturated carbocycles. The van der Waals surface area contributed by atoms with Crippen molar-refractivity contribution in [1.82, 2.24) is 20.3 Å². The molecule has 1 N–H and O–H groups in total. The monoisotopic (exact) mass is 455 g/mol. The van der Waals surface area contributed by atoms with Crippen LogP contribution >= 0.6 is 24.0 Å². The maximum atomic E-state index is 4.90. The van der Waals surface area contributed by atoms with Crippen molar-refractivity contribution in [3.8, 4) is 0 Å². The molecular weight excluding hydrogens is 429 g/mol. The molecule has 1 aliphatic rings. The van der Waals surface area contributed by atoms with E-state index in [9.17, 15) is 0 Å². The minimum atomic E-state index is 0. The van der Waals surface area contributed by atoms with E-state index in [1.54, 1.807) is 6.26 Å². The Morgan fingerprint density at radius 3 is 2.56 bits per heavy atom. The smallest absolute Gasteiger partial charge is 0.193 e. The van der Waals surface area contributed by atoms with Crippen LogP contribution in [0, 0.1) is 0 Å². The van der Waals surface area contributed by atoms with E-state index in [1.165, 1.54) is 5.56 Å². The Morgan fingerprint density at radius 1 is 1.16 bits per heavy atom. The predicted octanol–water partition coefficient (Wildman–Crippen LogP) is 2.23. The van der Waals surface area contributed by atoms with Crippen LogP contribution < -0.4 is 5.32 Å². The fraction of sp³-hybridized carbons (Fsp3) is 0.444. The third-order valence-corrected chi connectivity index (χ3v) is 4.30. The van der Waals surface area contributed by atoms with E-state index in [1.807, 2.05) is 13.1 Å². The lowest BCUT2D eigenvalue weighted by molar-refractivity contribution is 0.169. The molecule has 1 aromatic carbocycles. The SMILES string of the molecule is CN=C(NCCc1ccccc1)N1CCN(Cc2ccon2)CC1.I. The Morgan fingerprint density at radius 2 is 1.92 bits per heavy atom. The summed E-state index contributed by atoms with van der Waals surface area (Å²) in [5.41, 5.74) is 2.34. The van der Waals surface area contributed by atoms with Gasteiger partial charge in [-0.25, -0.2) is 0 Å². The molecule has 7 heteroatoms. The molecule has 2 heterocycles. The van der Waals surface area contributed by atoms with Gasteiger partial charge < -0.3 is 14.7 Å². The normalized spacial score (nSPS) is 15.7. The van der Waals surface area contributed by atoms with Gasteiger partial charge in [0, 0.05) is 52.4 Å². The number of nitrogens with one attached hydrogen (secondary N) is 1. The maximum Gasteiger partial charge on any atom is 0.193 e. The molecular formula is C18H26IN5O. The van der Waals surface area contributed by atoms with Crippen molar-refractivity contribution in [2.24, 2.45) is 4.99 Å². The van der Waals surface area contributed by atoms with Crippen molar-refractivity contribution in [1.29, 1.82) is 0 Å². The molecule has 1 saturated heterocycles. The van der Waals surface area contributed by atoms with Gasteiger partial charge in [0.15, 0.2) is 5.96 Å². The fourth-order valence-electron chi connectivity index (χ4n) is 2.96. The van der Waals surface area contributed by atoms with E-state index < -0.39 is 0 Å². The van der Waals surface area contributed by atoms with E-state index >= 15 is 0 Å². The van der Waals surface area contributed by atoms with Gasteiger partial charge in [0.1, 0.15) is 6.26 Å². The van der Waals surface area contributed by atoms with E-state index in [2.05, 4.69) is 55.6 Å². The van der Waals surface area contributed by atoms with Crippen molar-refractivity contribution in [3.63, 3.8) is 0 Å². The van der Waals surface area contributed by atoms with Gasteiger partial charge in [0.2, 0.25) is 0 Å². The summed E-state index contributed by atoms with van der Waals surface area (Å²) in [6, 6.07) is 12.5. The van der Waals surface area contributed by atoms with Gasteiger partial charge in [-0.1, -0.05) is 35.5 Å². The second kappa shape index (κ2) is 10.4. The molecule has 1 aromatic heterocycles. The van der Waals surface area contributed by atoms with Crippen molar-refractivity contribution in [2.75, 3.05) is 39.8 Å². The summed E-state index contributed by atoms with van der Waals surface area (Å²) in [5, 5.41) is 7.46. The Kier molecular flexibility index (Phi) is 8.20. The molecule has 0 spiro atoms. The van der Waals surface area contributed by atoms with Gasteiger partial charge in [0.25, 0.3) is 0 Å². The van der Waals surface area contributed by atoms with Crippen LogP contribution in [0.25, 0.3) is 0 Å². The molecule has 0 radical (unpaired) electrons. The number of aliphatic imine (C=N–C) groups is 1. The predicted molar refractivity (Wildman–Crippen MR) is 110 cm³/mol. The lowest BCUT2D eigenvalue weighted by atomic mass is 10.1. The minimum Gasteiger partial charge on any atom is -0.364 e. The highest BCUT2D eigenvalue weighted by Crippen LogP contribution is 2.07. The lowest BCUT2D eigenvalue weighted by Crippen LogP contribution is -2.52. The van der Waals surface area contributed by atoms with E-state index in [0.29, 0.717) is 0 Å². The Balaban J connectivity index is 0.00000225. The van der Waals surface area contributed by atoms with Crippen LogP contribution in [0.2, 0.25) is 0 Å². The number of halogens is 1. The van der Waals surface area contributed by atoms with Gasteiger partial charge in [-0.05, 0) is 12.0 Å². The summed E-state index contributed by atoms with van der Waals surface area (Å²) < 4.78 is 4.90. The Hall–Kier alpha value is -1.61. The molecule has 1 fully saturated rings. The van der Waals surface area contributed by atoms with Gasteiger partial charge in [-0.15, -0.1) is 24.0 Å². The zero-order chi connectivity index (χ0) is 16.6. The summed E-state index contributed by atoms with van der Waals surface area (Å²) in [6.07, 6.45) is 2.63. The molecule has 2 aromatic rings. The largest absolute Gasteiger partial charge is 0.364 e. The number of rotatable bonds is 5. The standard InChI is InChI=1S/C18H25N5O.HI/c1-19-18(20-9-7-16-5-3-2-4-6-16)23-12-10-22(11-13-23)15-17-8-14-24-21-17;/h2-6,8,14H,7,9-13,15H2,1H3,(H,19,20);1H. The number of benzene rings is 1. The van der Waals surface area contributed by atoms with Crippen LogP contribution in [0.1, 0.15) is 11.3 Å². The van der Waals surface area contributed by atoms with Crippen molar-refractivity contribution in [3.05, 3.63) is 53.9 Å². The van der Waals surface area contributed by atoms with E-state index in [-0.39, 0.29) is 24.0 Å². The molecule has 0 unspecified atom stereocenters. The van der Waals surface area contributed by atoms with Crippen LogP contribution in [0.3, 0.4) is 0 Å². The first kappa shape index (κ1) is 19.7. The van der Waals surface area contributed by atoms with Gasteiger partial charge >= 0.3 is 0 Å². The summed E-state index contributed by atoms with van der Waals surface area (Å²) >= 11 is 0. The third kappa shape index (κ3) is 6.00. The van der Waals surface area contributed by atoms with Gasteiger partial charge in [0.05, 0.1) is 5.69 Å². The third-order valence-electron chi connectivity index (χ3n) is 4.30. The van der Waals surface area contributed by atoms with Crippen molar-refractivity contribution >= 4 is 29.9 Å². The average molecular weight is 455 g/mol. The van der Waals surface area contributed by atoms with Crippen LogP contribution in [-0.4, -0.2) is 60.7 Å². The molecule has 25 heavy (non-hydrogen) atoms. The number of piperazine rings is 1. The lowest BCUT2D eigenvalue weighted by Gasteiger charge is -2.36. The minimum absolute atomic E-state index is 0. The van der Waals surface area contributed by atoms with E-state index in [0.717, 1.165) is 57.3 Å². The first-order chi connectivity index (χ1) is 11.8. The van der Waals surface area contributed by atoms with Crippen LogP contribution in [-0.2, 0) is 13.0 Å². The highest BCUT2D eigenvalue weighted by Gasteiger charge is 2.20. The van der Waals surface area contributed by atoms with Gasteiger partial charge in [-0.3, -0.25) is 9.89 Å². The first-order valence-corrected chi connectivity index (χ1v) is 8.46. The second-order valence-corrected chi connectivity index (χ2v) is 5.96. The molecule has 0 bridgehead atoms. The summed E-state index contributed by atoms with van der Waals surface area (Å²) in [5.74, 6) is 0.993. The van der Waals surface area contributed by atoms with Gasteiger partial charge in [-0.2, -0.15) is 0 Å². The summed E-state index contributed by atoms with van der Waals surface area (Å²) in [7, 11) is 1.85. The second-order valence-electron chi connectivity index (χ2n) is 5.96. The molecule has 0 amide bonds. The van der Waals surface area contributed by atoms with Crippen LogP contribution in [0.4, 0.5) is 0 Å². The number of nitrogens with zero attached hydrogens (tertiary/aromatic N) is 4. The van der Waals surface area contributed by atoms with Crippen LogP contribution in [0.15, 0.2) is 52.2 Å². The number of hydrogen-bond donors (Lipinski definition) is 1. The zero-order valence-electron chi connectivity index (χ0n) is 14.6. The molecule has 3 rings (SSSR count). The topological polar surface area (TPSA) is 56.9 Å². The fourth-order valence-corrected chi connectivity index (χ4v) is 2.96. The highest BCUT2D eigenvalue weighted by atomic mass is 127. The Bertz CT molecular complexity index is 624. The Labute approximate surface area is 166 Å². The quantitative estimate of drug-likeness (QED) is 0.426. The maximum absolute atomic E-state index is 4.90. The van der Waals surface area contributed by atoms with E-state index in [4.69, 9.17) is 4.52 Å². The number of hydrogen-bond acceptors (Lipinski definition) is 4. The average Bonchev–Trinajstić information content (AvgIpc) is 3.14. The van der Waals surface area contributed by atoms with Crippen LogP contribution in [0.5, 0.6) is 0 Å². The highest BCUT2D eigenvalue weighted by molar-refractivity contribution is 14.0. The molecule has 0 aliphatic carbocycles. The summed E-state index contributed by atoms with van der Waals surface area (Å²) in [4.78, 5) is 9.15. The molecule has 136 valence electrons. The number of guanidine groups is 1. The van der Waals surface area contributed by atoms with Crippen molar-refractivity contribution in [2.45, 2.75) is 13.0 Å². The zero-order valence-corrected chi connectivity index (χ0v) is 16.9. The molecule has 6 nitrogen and oxygen atoms in total. The molecule has 0 atom stereocenters. The van der Waals surface area contributed by atoms with Crippen molar-refractivity contribution < 1.29 is 4.52 Å². The first-order valence-electron chi connectivity index (χ1n) is 8.46. The number of aromatic nitrogens is 1.